The molecule has 0 aliphatic rings. The lowest BCUT2D eigenvalue weighted by molar-refractivity contribution is 0.286. The summed E-state index contributed by atoms with van der Waals surface area (Å²) >= 11 is 2.26. The normalized spacial score (nSPS) is 10.2. The third-order valence-electron chi connectivity index (χ3n) is 2.57. The predicted molar refractivity (Wildman–Crippen MR) is 85.5 cm³/mol. The number of halogens is 1. The van der Waals surface area contributed by atoms with E-state index in [1.165, 1.54) is 0 Å². The highest BCUT2D eigenvalue weighted by atomic mass is 127. The van der Waals surface area contributed by atoms with Crippen LogP contribution in [0.5, 0.6) is 11.5 Å². The first kappa shape index (κ1) is 14.0. The third kappa shape index (κ3) is 4.02. The Morgan fingerprint density at radius 1 is 1.11 bits per heavy atom. The van der Waals surface area contributed by atoms with Gasteiger partial charge in [0, 0.05) is 14.8 Å². The quantitative estimate of drug-likeness (QED) is 0.643. The SMILES string of the molecule is CCOc1ccc(N)cc1COc1cccc(I)c1. The van der Waals surface area contributed by atoms with Gasteiger partial charge in [0.2, 0.25) is 0 Å². The average Bonchev–Trinajstić information content (AvgIpc) is 2.39. The molecule has 3 nitrogen and oxygen atoms in total. The predicted octanol–water partition coefficient (Wildman–Crippen LogP) is 3.85. The van der Waals surface area contributed by atoms with Crippen LogP contribution in [0.15, 0.2) is 42.5 Å². The summed E-state index contributed by atoms with van der Waals surface area (Å²) in [6.07, 6.45) is 0. The van der Waals surface area contributed by atoms with Crippen molar-refractivity contribution in [2.45, 2.75) is 13.5 Å². The molecule has 0 aliphatic heterocycles. The topological polar surface area (TPSA) is 44.5 Å². The minimum atomic E-state index is 0.445. The second-order valence-electron chi connectivity index (χ2n) is 4.05. The Morgan fingerprint density at radius 2 is 1.95 bits per heavy atom. The van der Waals surface area contributed by atoms with Gasteiger partial charge in [-0.05, 0) is 65.9 Å². The fraction of sp³-hybridized carbons (Fsp3) is 0.200. The molecule has 2 aromatic carbocycles. The van der Waals surface area contributed by atoms with Crippen LogP contribution in [0.4, 0.5) is 5.69 Å². The summed E-state index contributed by atoms with van der Waals surface area (Å²) in [4.78, 5) is 0. The molecule has 0 radical (unpaired) electrons. The van der Waals surface area contributed by atoms with Gasteiger partial charge >= 0.3 is 0 Å². The van der Waals surface area contributed by atoms with E-state index in [1.807, 2.05) is 49.4 Å². The van der Waals surface area contributed by atoms with E-state index >= 15 is 0 Å². The van der Waals surface area contributed by atoms with Crippen LogP contribution in [0, 0.1) is 3.57 Å². The van der Waals surface area contributed by atoms with E-state index in [1.54, 1.807) is 0 Å². The Bertz CT molecular complexity index is 558. The number of benzene rings is 2. The van der Waals surface area contributed by atoms with E-state index in [4.69, 9.17) is 15.2 Å². The monoisotopic (exact) mass is 369 g/mol. The van der Waals surface area contributed by atoms with Gasteiger partial charge in [0.05, 0.1) is 6.61 Å². The first-order chi connectivity index (χ1) is 9.19. The Morgan fingerprint density at radius 3 is 2.68 bits per heavy atom. The van der Waals surface area contributed by atoms with Crippen molar-refractivity contribution in [3.8, 4) is 11.5 Å². The Hall–Kier alpha value is -1.43. The second-order valence-corrected chi connectivity index (χ2v) is 5.29. The molecule has 0 fully saturated rings. The van der Waals surface area contributed by atoms with E-state index < -0.39 is 0 Å². The molecule has 0 amide bonds. The van der Waals surface area contributed by atoms with Crippen molar-refractivity contribution in [1.82, 2.24) is 0 Å². The van der Waals surface area contributed by atoms with Crippen molar-refractivity contribution in [3.05, 3.63) is 51.6 Å². The highest BCUT2D eigenvalue weighted by Gasteiger charge is 2.05. The third-order valence-corrected chi connectivity index (χ3v) is 3.25. The number of rotatable bonds is 5. The highest BCUT2D eigenvalue weighted by molar-refractivity contribution is 14.1. The zero-order valence-corrected chi connectivity index (χ0v) is 12.9. The number of nitrogens with two attached hydrogens (primary N) is 1. The van der Waals surface area contributed by atoms with Crippen LogP contribution in [0.3, 0.4) is 0 Å². The van der Waals surface area contributed by atoms with Crippen molar-refractivity contribution in [3.63, 3.8) is 0 Å². The summed E-state index contributed by atoms with van der Waals surface area (Å²) in [5.41, 5.74) is 7.48. The van der Waals surface area contributed by atoms with E-state index in [0.717, 1.165) is 20.6 Å². The lowest BCUT2D eigenvalue weighted by atomic mass is 10.2. The van der Waals surface area contributed by atoms with Gasteiger partial charge in [-0.15, -0.1) is 0 Å². The molecule has 0 heterocycles. The Labute approximate surface area is 126 Å². The van der Waals surface area contributed by atoms with Gasteiger partial charge < -0.3 is 15.2 Å². The maximum atomic E-state index is 5.80. The van der Waals surface area contributed by atoms with Gasteiger partial charge in [0.25, 0.3) is 0 Å². The molecule has 2 aromatic rings. The van der Waals surface area contributed by atoms with Gasteiger partial charge in [0.1, 0.15) is 18.1 Å². The molecule has 0 aromatic heterocycles. The molecule has 2 rings (SSSR count). The first-order valence-corrected chi connectivity index (χ1v) is 7.16. The van der Waals surface area contributed by atoms with Gasteiger partial charge in [0.15, 0.2) is 0 Å². The van der Waals surface area contributed by atoms with E-state index in [-0.39, 0.29) is 0 Å². The van der Waals surface area contributed by atoms with Gasteiger partial charge in [-0.25, -0.2) is 0 Å². The summed E-state index contributed by atoms with van der Waals surface area (Å²) in [6.45, 7) is 3.03. The van der Waals surface area contributed by atoms with Crippen LogP contribution in [0.25, 0.3) is 0 Å². The lowest BCUT2D eigenvalue weighted by Gasteiger charge is -2.12. The fourth-order valence-corrected chi connectivity index (χ4v) is 2.24. The molecule has 2 N–H and O–H groups in total. The van der Waals surface area contributed by atoms with Crippen LogP contribution in [-0.4, -0.2) is 6.61 Å². The summed E-state index contributed by atoms with van der Waals surface area (Å²) < 4.78 is 12.5. The molecule has 0 bridgehead atoms. The number of nitrogen functional groups attached to an aromatic ring is 1. The number of hydrogen-bond donors (Lipinski definition) is 1. The Kier molecular flexibility index (Phi) is 4.90. The zero-order chi connectivity index (χ0) is 13.7. The van der Waals surface area contributed by atoms with E-state index in [2.05, 4.69) is 22.6 Å². The molecule has 0 spiro atoms. The van der Waals surface area contributed by atoms with Crippen molar-refractivity contribution >= 4 is 28.3 Å². The zero-order valence-electron chi connectivity index (χ0n) is 10.7. The minimum Gasteiger partial charge on any atom is -0.493 e. The number of ether oxygens (including phenoxy) is 2. The standard InChI is InChI=1S/C15H16INO2/c1-2-18-15-7-6-13(17)8-11(15)10-19-14-5-3-4-12(16)9-14/h3-9H,2,10,17H2,1H3. The minimum absolute atomic E-state index is 0.445. The van der Waals surface area contributed by atoms with Crippen LogP contribution in [0.1, 0.15) is 12.5 Å². The van der Waals surface area contributed by atoms with Crippen molar-refractivity contribution in [1.29, 1.82) is 0 Å². The molecule has 100 valence electrons. The van der Waals surface area contributed by atoms with Crippen molar-refractivity contribution in [2.75, 3.05) is 12.3 Å². The number of hydrogen-bond acceptors (Lipinski definition) is 3. The molecular formula is C15H16INO2. The molecule has 0 atom stereocenters. The highest BCUT2D eigenvalue weighted by Crippen LogP contribution is 2.24. The van der Waals surface area contributed by atoms with Gasteiger partial charge in [-0.1, -0.05) is 6.07 Å². The van der Waals surface area contributed by atoms with Gasteiger partial charge in [-0.3, -0.25) is 0 Å². The largest absolute Gasteiger partial charge is 0.493 e. The molecule has 0 saturated heterocycles. The van der Waals surface area contributed by atoms with Crippen LogP contribution >= 0.6 is 22.6 Å². The summed E-state index contributed by atoms with van der Waals surface area (Å²) in [7, 11) is 0. The molecule has 0 aliphatic carbocycles. The van der Waals surface area contributed by atoms with Crippen molar-refractivity contribution < 1.29 is 9.47 Å². The maximum absolute atomic E-state index is 5.80. The first-order valence-electron chi connectivity index (χ1n) is 6.08. The van der Waals surface area contributed by atoms with Crippen LogP contribution in [-0.2, 0) is 6.61 Å². The van der Waals surface area contributed by atoms with Crippen LogP contribution in [0.2, 0.25) is 0 Å². The average molecular weight is 369 g/mol. The molecular weight excluding hydrogens is 353 g/mol. The lowest BCUT2D eigenvalue weighted by Crippen LogP contribution is -2.02. The van der Waals surface area contributed by atoms with E-state index in [0.29, 0.717) is 18.9 Å². The summed E-state index contributed by atoms with van der Waals surface area (Å²) in [6, 6.07) is 13.5. The molecule has 0 unspecified atom stereocenters. The molecule has 19 heavy (non-hydrogen) atoms. The number of anilines is 1. The molecule has 4 heteroatoms. The smallest absolute Gasteiger partial charge is 0.126 e. The van der Waals surface area contributed by atoms with Crippen molar-refractivity contribution in [2.24, 2.45) is 0 Å². The van der Waals surface area contributed by atoms with Gasteiger partial charge in [-0.2, -0.15) is 0 Å². The maximum Gasteiger partial charge on any atom is 0.126 e. The van der Waals surface area contributed by atoms with Crippen LogP contribution < -0.4 is 15.2 Å². The Balaban J connectivity index is 2.12. The molecule has 0 saturated carbocycles. The summed E-state index contributed by atoms with van der Waals surface area (Å²) in [5, 5.41) is 0. The van der Waals surface area contributed by atoms with E-state index in [9.17, 15) is 0 Å². The second kappa shape index (κ2) is 6.65. The summed E-state index contributed by atoms with van der Waals surface area (Å²) in [5.74, 6) is 1.67. The fourth-order valence-electron chi connectivity index (χ4n) is 1.73.